The molecule has 17 nitrogen and oxygen atoms in total. The molecule has 0 bridgehead atoms. The van der Waals surface area contributed by atoms with Crippen LogP contribution in [-0.2, 0) is 21.4 Å². The standard InChI is InChI=1S/C26H23N7O10S3/c1-31-3-2-11(4-14(31)24(39)40)44-7-10-8-45-23-18(22(38)33(23)19(10)25(41)42)30-21(37)17(12-9-46-26(27)28-12)29-20(36)13-5-15(34)16(35)6-32(13)43/h2-6,9,17-18,23,43H,7-8H2,1H3,(H6-,27,28,29,30,35,36,37,39,40,41,42)/p+1/t17?,18-,23-/m1/s1. The molecule has 240 valence electrons. The number of β-lactam (4-membered cyclic amide) rings is 1. The zero-order chi connectivity index (χ0) is 33.4. The van der Waals surface area contributed by atoms with Crippen molar-refractivity contribution in [3.63, 3.8) is 0 Å². The first kappa shape index (κ1) is 32.3. The molecule has 0 radical (unpaired) electrons. The van der Waals surface area contributed by atoms with E-state index in [1.165, 1.54) is 39.5 Å². The molecule has 20 heteroatoms. The van der Waals surface area contributed by atoms with Gasteiger partial charge in [-0.1, -0.05) is 0 Å². The van der Waals surface area contributed by atoms with Gasteiger partial charge in [-0.05, 0) is 5.57 Å². The van der Waals surface area contributed by atoms with E-state index >= 15 is 0 Å². The average molecular weight is 691 g/mol. The van der Waals surface area contributed by atoms with Gasteiger partial charge in [0.2, 0.25) is 11.3 Å². The first-order valence-electron chi connectivity index (χ1n) is 13.0. The van der Waals surface area contributed by atoms with E-state index in [4.69, 9.17) is 5.73 Å². The minimum Gasteiger partial charge on any atom is -0.503 e. The predicted molar refractivity (Wildman–Crippen MR) is 161 cm³/mol. The van der Waals surface area contributed by atoms with Gasteiger partial charge in [0.1, 0.15) is 29.9 Å². The molecular formula is C26H24N7O10S3+. The van der Waals surface area contributed by atoms with Gasteiger partial charge in [0.15, 0.2) is 23.1 Å². The molecule has 5 rings (SSSR count). The summed E-state index contributed by atoms with van der Waals surface area (Å²) in [7, 11) is 1.58. The number of aromatic nitrogens is 3. The number of hydrogen-bond donors (Lipinski definition) is 7. The number of nitrogens with one attached hydrogen (secondary N) is 2. The quantitative estimate of drug-likeness (QED) is 0.0604. The van der Waals surface area contributed by atoms with Crippen LogP contribution in [0.3, 0.4) is 0 Å². The third kappa shape index (κ3) is 6.21. The van der Waals surface area contributed by atoms with Crippen molar-refractivity contribution >= 4 is 69.7 Å². The van der Waals surface area contributed by atoms with Crippen LogP contribution in [0.5, 0.6) is 5.75 Å². The molecule has 8 N–H and O–H groups in total. The Balaban J connectivity index is 1.33. The van der Waals surface area contributed by atoms with Gasteiger partial charge in [0.05, 0.1) is 11.9 Å². The van der Waals surface area contributed by atoms with Crippen molar-refractivity contribution in [2.24, 2.45) is 7.05 Å². The molecule has 2 aliphatic heterocycles. The monoisotopic (exact) mass is 690 g/mol. The molecule has 1 unspecified atom stereocenters. The van der Waals surface area contributed by atoms with E-state index in [1.807, 2.05) is 0 Å². The summed E-state index contributed by atoms with van der Waals surface area (Å²) in [5.41, 5.74) is 4.35. The number of thioether (sulfide) groups is 2. The minimum absolute atomic E-state index is 0.00937. The van der Waals surface area contributed by atoms with Crippen molar-refractivity contribution in [1.82, 2.24) is 25.2 Å². The van der Waals surface area contributed by atoms with Crippen molar-refractivity contribution in [3.05, 3.63) is 74.5 Å². The fraction of sp³-hybridized carbons (Fsp3) is 0.231. The van der Waals surface area contributed by atoms with E-state index in [9.17, 15) is 49.3 Å². The lowest BCUT2D eigenvalue weighted by atomic mass is 10.0. The molecule has 2 aliphatic rings. The normalized spacial score (nSPS) is 17.9. The summed E-state index contributed by atoms with van der Waals surface area (Å²) in [6.07, 6.45) is 2.17. The maximum Gasteiger partial charge on any atom is 0.401 e. The van der Waals surface area contributed by atoms with Crippen LogP contribution in [0.1, 0.15) is 32.7 Å². The van der Waals surface area contributed by atoms with Crippen LogP contribution in [0.15, 0.2) is 56.9 Å². The Morgan fingerprint density at radius 1 is 1.22 bits per heavy atom. The number of aromatic carboxylic acids is 1. The second kappa shape index (κ2) is 12.7. The Morgan fingerprint density at radius 2 is 1.96 bits per heavy atom. The van der Waals surface area contributed by atoms with E-state index in [0.717, 1.165) is 16.2 Å². The summed E-state index contributed by atoms with van der Waals surface area (Å²) in [6.45, 7) is 0. The Bertz CT molecular complexity index is 1890. The number of anilines is 1. The first-order valence-corrected chi connectivity index (χ1v) is 15.9. The van der Waals surface area contributed by atoms with Crippen molar-refractivity contribution < 1.29 is 49.1 Å². The number of thiazole rings is 1. The number of aromatic hydroxyl groups is 1. The maximum absolute atomic E-state index is 13.5. The fourth-order valence-corrected chi connectivity index (χ4v) is 7.64. The van der Waals surface area contributed by atoms with Crippen LogP contribution in [-0.4, -0.2) is 87.7 Å². The number of carboxylic acid groups (broad SMARTS) is 2. The molecule has 1 fully saturated rings. The number of aliphatic carboxylic acids is 1. The number of rotatable bonds is 10. The van der Waals surface area contributed by atoms with Crippen molar-refractivity contribution in [3.8, 4) is 5.75 Å². The smallest absolute Gasteiger partial charge is 0.401 e. The maximum atomic E-state index is 13.5. The van der Waals surface area contributed by atoms with Gasteiger partial charge in [-0.25, -0.2) is 14.6 Å². The molecule has 1 saturated heterocycles. The number of nitrogens with two attached hydrogens (primary N) is 1. The SMILES string of the molecule is C[n+]1ccc(SCC2=C(C(=O)O)N3C(=O)[C@@H](NC(=O)C(NC(=O)c4cc(=O)c(O)cn4O)c4csc(N)n4)[C@H]3SC2)cc1C(=O)O. The average Bonchev–Trinajstić information content (AvgIpc) is 3.44. The highest BCUT2D eigenvalue weighted by atomic mass is 32.2. The van der Waals surface area contributed by atoms with E-state index in [0.29, 0.717) is 22.7 Å². The van der Waals surface area contributed by atoms with Gasteiger partial charge in [-0.15, -0.1) is 34.9 Å². The molecular weight excluding hydrogens is 667 g/mol. The van der Waals surface area contributed by atoms with Gasteiger partial charge < -0.3 is 36.9 Å². The Labute approximate surface area is 270 Å². The van der Waals surface area contributed by atoms with E-state index in [2.05, 4.69) is 15.6 Å². The molecule has 0 saturated carbocycles. The summed E-state index contributed by atoms with van der Waals surface area (Å²) in [4.78, 5) is 80.9. The van der Waals surface area contributed by atoms with Crippen LogP contribution >= 0.6 is 34.9 Å². The third-order valence-corrected chi connectivity index (χ3v) is 10.0. The van der Waals surface area contributed by atoms with E-state index in [-0.39, 0.29) is 38.5 Å². The molecule has 5 heterocycles. The number of nitrogen functional groups attached to an aromatic ring is 1. The number of hydrogen-bond acceptors (Lipinski definition) is 13. The number of nitrogens with zero attached hydrogens (tertiary/aromatic N) is 4. The zero-order valence-electron chi connectivity index (χ0n) is 23.4. The van der Waals surface area contributed by atoms with Gasteiger partial charge >= 0.3 is 11.9 Å². The van der Waals surface area contributed by atoms with Crippen molar-refractivity contribution in [1.29, 1.82) is 0 Å². The number of aryl methyl sites for hydroxylation is 1. The van der Waals surface area contributed by atoms with Crippen LogP contribution in [0.25, 0.3) is 0 Å². The van der Waals surface area contributed by atoms with Gasteiger partial charge in [-0.2, -0.15) is 9.30 Å². The number of carbonyl (C=O) groups is 5. The lowest BCUT2D eigenvalue weighted by Crippen LogP contribution is -2.71. The predicted octanol–water partition coefficient (Wildman–Crippen LogP) is -0.645. The molecule has 0 aromatic carbocycles. The molecule has 0 aliphatic carbocycles. The second-order valence-corrected chi connectivity index (χ2v) is 12.9. The van der Waals surface area contributed by atoms with Gasteiger partial charge in [0.25, 0.3) is 17.5 Å². The molecule has 3 atom stereocenters. The Kier molecular flexibility index (Phi) is 8.94. The van der Waals surface area contributed by atoms with E-state index in [1.54, 1.807) is 19.3 Å². The number of pyridine rings is 2. The zero-order valence-corrected chi connectivity index (χ0v) is 25.9. The topological polar surface area (TPSA) is 258 Å². The molecule has 3 aromatic rings. The molecule has 3 aromatic heterocycles. The number of carboxylic acids is 2. The number of amides is 3. The van der Waals surface area contributed by atoms with Crippen LogP contribution in [0.2, 0.25) is 0 Å². The summed E-state index contributed by atoms with van der Waals surface area (Å²) >= 11 is 3.38. The summed E-state index contributed by atoms with van der Waals surface area (Å²) in [5, 5.41) is 44.4. The van der Waals surface area contributed by atoms with Crippen LogP contribution in [0.4, 0.5) is 5.13 Å². The van der Waals surface area contributed by atoms with Crippen molar-refractivity contribution in [2.45, 2.75) is 22.4 Å². The third-order valence-electron chi connectivity index (χ3n) is 6.92. The second-order valence-electron chi connectivity index (χ2n) is 9.88. The largest absolute Gasteiger partial charge is 0.503 e. The highest BCUT2D eigenvalue weighted by Crippen LogP contribution is 2.42. The summed E-state index contributed by atoms with van der Waals surface area (Å²) in [6, 6.07) is 1.07. The molecule has 0 spiro atoms. The van der Waals surface area contributed by atoms with Gasteiger partial charge in [0, 0.05) is 40.0 Å². The number of fused-ring (bicyclic) bond motifs is 1. The van der Waals surface area contributed by atoms with Crippen LogP contribution < -0.4 is 26.4 Å². The first-order chi connectivity index (χ1) is 21.8. The molecule has 3 amide bonds. The summed E-state index contributed by atoms with van der Waals surface area (Å²) < 4.78 is 1.63. The summed E-state index contributed by atoms with van der Waals surface area (Å²) in [5.74, 6) is -5.66. The van der Waals surface area contributed by atoms with Crippen LogP contribution in [0, 0.1) is 0 Å². The van der Waals surface area contributed by atoms with E-state index < -0.39 is 64.0 Å². The lowest BCUT2D eigenvalue weighted by molar-refractivity contribution is -0.674. The van der Waals surface area contributed by atoms with Crippen molar-refractivity contribution in [2.75, 3.05) is 17.2 Å². The highest BCUT2D eigenvalue weighted by molar-refractivity contribution is 8.01. The van der Waals surface area contributed by atoms with Gasteiger partial charge in [-0.3, -0.25) is 24.1 Å². The Hall–Kier alpha value is -5.08. The highest BCUT2D eigenvalue weighted by Gasteiger charge is 2.54. The fourth-order valence-electron chi connectivity index (χ4n) is 4.65. The Morgan fingerprint density at radius 3 is 2.61 bits per heavy atom. The minimum atomic E-state index is -1.55. The number of carbonyl (C=O) groups excluding carboxylic acids is 3. The lowest BCUT2D eigenvalue weighted by Gasteiger charge is -2.49. The molecule has 46 heavy (non-hydrogen) atoms.